The van der Waals surface area contributed by atoms with Crippen molar-refractivity contribution in [2.75, 3.05) is 12.3 Å². The number of aromatic amines is 1. The predicted octanol–water partition coefficient (Wildman–Crippen LogP) is 0.914. The van der Waals surface area contributed by atoms with Gasteiger partial charge in [-0.1, -0.05) is 18.0 Å². The second-order valence-electron chi connectivity index (χ2n) is 6.72. The van der Waals surface area contributed by atoms with E-state index in [1.165, 1.54) is 0 Å². The van der Waals surface area contributed by atoms with Crippen molar-refractivity contribution in [3.8, 4) is 0 Å². The van der Waals surface area contributed by atoms with E-state index in [-0.39, 0.29) is 34.9 Å². The van der Waals surface area contributed by atoms with Crippen molar-refractivity contribution in [3.05, 3.63) is 28.2 Å². The molecule has 1 fully saturated rings. The van der Waals surface area contributed by atoms with E-state index in [2.05, 4.69) is 20.6 Å². The maximum Gasteiger partial charge on any atom is 0.271 e. The van der Waals surface area contributed by atoms with Crippen molar-refractivity contribution in [2.24, 2.45) is 5.92 Å². The van der Waals surface area contributed by atoms with E-state index in [1.807, 2.05) is 15.6 Å². The van der Waals surface area contributed by atoms with Crippen molar-refractivity contribution in [3.63, 3.8) is 0 Å². The molecule has 138 valence electrons. The number of nitrogens with one attached hydrogen (secondary N) is 2. The van der Waals surface area contributed by atoms with Crippen LogP contribution in [0.25, 0.3) is 0 Å². The molecule has 10 heteroatoms. The van der Waals surface area contributed by atoms with Crippen LogP contribution in [0.4, 0.5) is 5.82 Å². The molecule has 0 aromatic carbocycles. The summed E-state index contributed by atoms with van der Waals surface area (Å²) in [6, 6.07) is 1.92. The van der Waals surface area contributed by atoms with Crippen molar-refractivity contribution >= 4 is 29.2 Å². The number of nitrogens with zero attached hydrogens (tertiary/aromatic N) is 4. The summed E-state index contributed by atoms with van der Waals surface area (Å²) < 4.78 is 1.90. The minimum Gasteiger partial charge on any atom is -0.381 e. The Labute approximate surface area is 154 Å². The van der Waals surface area contributed by atoms with Gasteiger partial charge in [0.15, 0.2) is 5.82 Å². The monoisotopic (exact) mass is 377 g/mol. The summed E-state index contributed by atoms with van der Waals surface area (Å²) in [6.45, 7) is 2.17. The molecule has 0 bridgehead atoms. The summed E-state index contributed by atoms with van der Waals surface area (Å²) in [6.07, 6.45) is 3.16. The largest absolute Gasteiger partial charge is 0.381 e. The van der Waals surface area contributed by atoms with E-state index in [0.717, 1.165) is 30.7 Å². The number of carbonyl (C=O) groups is 2. The average Bonchev–Trinajstić information content (AvgIpc) is 3.14. The highest BCUT2D eigenvalue weighted by molar-refractivity contribution is 6.35. The number of carbonyl (C=O) groups excluding carboxylic acids is 2. The van der Waals surface area contributed by atoms with Crippen LogP contribution in [0.2, 0.25) is 5.02 Å². The fraction of sp³-hybridized carbons (Fsp3) is 0.500. The lowest BCUT2D eigenvalue weighted by molar-refractivity contribution is -0.139. The fourth-order valence-corrected chi connectivity index (χ4v) is 3.44. The van der Waals surface area contributed by atoms with E-state index in [0.29, 0.717) is 19.6 Å². The highest BCUT2D eigenvalue weighted by Crippen LogP contribution is 2.29. The first-order chi connectivity index (χ1) is 12.5. The number of nitrogen functional groups attached to an aromatic ring is 1. The van der Waals surface area contributed by atoms with E-state index in [1.54, 1.807) is 0 Å². The number of aromatic nitrogens is 4. The molecule has 9 nitrogen and oxygen atoms in total. The van der Waals surface area contributed by atoms with E-state index in [9.17, 15) is 9.59 Å². The number of amides is 2. The van der Waals surface area contributed by atoms with E-state index >= 15 is 0 Å². The Morgan fingerprint density at radius 3 is 2.85 bits per heavy atom. The summed E-state index contributed by atoms with van der Waals surface area (Å²) in [5.74, 6) is 0.150. The molecule has 0 atom stereocenters. The maximum atomic E-state index is 12.4. The van der Waals surface area contributed by atoms with Gasteiger partial charge in [0.05, 0.1) is 31.0 Å². The van der Waals surface area contributed by atoms with Crippen LogP contribution >= 0.6 is 11.6 Å². The Hall–Kier alpha value is -2.55. The van der Waals surface area contributed by atoms with Crippen LogP contribution in [0, 0.1) is 5.92 Å². The van der Waals surface area contributed by atoms with Gasteiger partial charge in [0.2, 0.25) is 5.91 Å². The zero-order valence-corrected chi connectivity index (χ0v) is 14.9. The molecule has 0 radical (unpaired) electrons. The number of hydrogen-bond donors (Lipinski definition) is 3. The van der Waals surface area contributed by atoms with Crippen LogP contribution in [0.1, 0.15) is 41.1 Å². The van der Waals surface area contributed by atoms with Crippen molar-refractivity contribution in [1.29, 1.82) is 0 Å². The first-order valence-electron chi connectivity index (χ1n) is 8.65. The van der Waals surface area contributed by atoms with Crippen LogP contribution < -0.4 is 11.1 Å². The zero-order chi connectivity index (χ0) is 18.3. The SMILES string of the molecule is Nc1n[nH]c(C(=O)NCc2cc3n(n2)CCN(C(=O)C2CCC2)C3)c1Cl. The Morgan fingerprint density at radius 1 is 1.38 bits per heavy atom. The van der Waals surface area contributed by atoms with Gasteiger partial charge in [-0.05, 0) is 18.9 Å². The normalized spacial score (nSPS) is 16.9. The molecule has 2 aromatic rings. The molecule has 1 aliphatic carbocycles. The van der Waals surface area contributed by atoms with Gasteiger partial charge in [-0.2, -0.15) is 10.2 Å². The number of halogens is 1. The third-order valence-electron chi connectivity index (χ3n) is 5.00. The molecule has 4 N–H and O–H groups in total. The number of nitrogens with two attached hydrogens (primary N) is 1. The molecule has 0 unspecified atom stereocenters. The van der Waals surface area contributed by atoms with Crippen LogP contribution in [-0.4, -0.2) is 43.2 Å². The minimum absolute atomic E-state index is 0.0884. The van der Waals surface area contributed by atoms with Crippen LogP contribution in [0.5, 0.6) is 0 Å². The third-order valence-corrected chi connectivity index (χ3v) is 5.39. The van der Waals surface area contributed by atoms with Gasteiger partial charge in [-0.25, -0.2) is 0 Å². The quantitative estimate of drug-likeness (QED) is 0.731. The molecule has 2 aliphatic rings. The Balaban J connectivity index is 1.38. The van der Waals surface area contributed by atoms with Gasteiger partial charge in [0.25, 0.3) is 5.91 Å². The Morgan fingerprint density at radius 2 is 2.19 bits per heavy atom. The smallest absolute Gasteiger partial charge is 0.271 e. The second kappa shape index (κ2) is 6.64. The molecule has 26 heavy (non-hydrogen) atoms. The van der Waals surface area contributed by atoms with Gasteiger partial charge in [0.1, 0.15) is 10.7 Å². The molecule has 1 aliphatic heterocycles. The Kier molecular flexibility index (Phi) is 4.31. The number of anilines is 1. The second-order valence-corrected chi connectivity index (χ2v) is 7.10. The average molecular weight is 378 g/mol. The molecule has 4 rings (SSSR count). The van der Waals surface area contributed by atoms with E-state index in [4.69, 9.17) is 17.3 Å². The minimum atomic E-state index is -0.396. The summed E-state index contributed by atoms with van der Waals surface area (Å²) in [5, 5.41) is 13.6. The summed E-state index contributed by atoms with van der Waals surface area (Å²) in [7, 11) is 0. The van der Waals surface area contributed by atoms with Gasteiger partial charge < -0.3 is 16.0 Å². The standard InChI is InChI=1S/C16H20ClN7O2/c17-12-13(20-21-14(12)18)15(25)19-7-10-6-11-8-23(4-5-24(11)22-10)16(26)9-2-1-3-9/h6,9H,1-5,7-8H2,(H,19,25)(H3,18,20,21). The van der Waals surface area contributed by atoms with Crippen LogP contribution in [-0.2, 0) is 24.4 Å². The van der Waals surface area contributed by atoms with Gasteiger partial charge in [-0.15, -0.1) is 0 Å². The zero-order valence-electron chi connectivity index (χ0n) is 14.2. The highest BCUT2D eigenvalue weighted by atomic mass is 35.5. The first-order valence-corrected chi connectivity index (χ1v) is 9.02. The fourth-order valence-electron chi connectivity index (χ4n) is 3.27. The summed E-state index contributed by atoms with van der Waals surface area (Å²) >= 11 is 5.92. The van der Waals surface area contributed by atoms with Crippen molar-refractivity contribution in [1.82, 2.24) is 30.2 Å². The van der Waals surface area contributed by atoms with Gasteiger partial charge >= 0.3 is 0 Å². The lowest BCUT2D eigenvalue weighted by Crippen LogP contribution is -2.43. The molecule has 1 saturated carbocycles. The van der Waals surface area contributed by atoms with Crippen molar-refractivity contribution < 1.29 is 9.59 Å². The lowest BCUT2D eigenvalue weighted by Gasteiger charge is -2.34. The van der Waals surface area contributed by atoms with Crippen LogP contribution in [0.15, 0.2) is 6.07 Å². The highest BCUT2D eigenvalue weighted by Gasteiger charge is 2.31. The van der Waals surface area contributed by atoms with Crippen LogP contribution in [0.3, 0.4) is 0 Å². The topological polar surface area (TPSA) is 122 Å². The van der Waals surface area contributed by atoms with Gasteiger partial charge in [0, 0.05) is 12.5 Å². The number of H-pyrrole nitrogens is 1. The molecular weight excluding hydrogens is 358 g/mol. The summed E-state index contributed by atoms with van der Waals surface area (Å²) in [5.41, 5.74) is 7.37. The predicted molar refractivity (Wildman–Crippen MR) is 94.2 cm³/mol. The first kappa shape index (κ1) is 16.9. The third kappa shape index (κ3) is 3.03. The maximum absolute atomic E-state index is 12.4. The summed E-state index contributed by atoms with van der Waals surface area (Å²) in [4.78, 5) is 26.5. The number of rotatable bonds is 4. The van der Waals surface area contributed by atoms with E-state index < -0.39 is 5.91 Å². The molecule has 0 saturated heterocycles. The molecule has 2 amide bonds. The lowest BCUT2D eigenvalue weighted by atomic mass is 9.84. The molecular formula is C16H20ClN7O2. The molecule has 0 spiro atoms. The molecule has 3 heterocycles. The number of hydrogen-bond acceptors (Lipinski definition) is 5. The Bertz CT molecular complexity index is 855. The van der Waals surface area contributed by atoms with Crippen molar-refractivity contribution in [2.45, 2.75) is 38.9 Å². The molecule has 2 aromatic heterocycles. The van der Waals surface area contributed by atoms with Gasteiger partial charge in [-0.3, -0.25) is 19.4 Å². The number of fused-ring (bicyclic) bond motifs is 1.